The molecule has 2 unspecified atom stereocenters. The molecule has 7 nitrogen and oxygen atoms in total. The van der Waals surface area contributed by atoms with E-state index < -0.39 is 0 Å². The van der Waals surface area contributed by atoms with Gasteiger partial charge in [0.15, 0.2) is 17.5 Å². The Hall–Kier alpha value is -3.00. The number of nitrogens with zero attached hydrogens (tertiary/aromatic N) is 2. The van der Waals surface area contributed by atoms with E-state index in [0.29, 0.717) is 36.9 Å². The Morgan fingerprint density at radius 1 is 1.06 bits per heavy atom. The molecule has 1 fully saturated rings. The first-order valence-corrected chi connectivity index (χ1v) is 10.1. The largest absolute Gasteiger partial charge is 0.496 e. The molecule has 0 spiro atoms. The molecule has 2 aromatic rings. The lowest BCUT2D eigenvalue weighted by atomic mass is 10.1. The highest BCUT2D eigenvalue weighted by molar-refractivity contribution is 5.80. The molecular formula is C23H30FN3O4. The second kappa shape index (κ2) is 10.3. The van der Waals surface area contributed by atoms with Crippen molar-refractivity contribution in [3.8, 4) is 17.2 Å². The lowest BCUT2D eigenvalue weighted by Gasteiger charge is -2.38. The third-order valence-corrected chi connectivity index (χ3v) is 5.24. The molecular weight excluding hydrogens is 401 g/mol. The molecule has 1 aliphatic rings. The summed E-state index contributed by atoms with van der Waals surface area (Å²) in [5.74, 6) is 2.42. The van der Waals surface area contributed by atoms with Gasteiger partial charge in [-0.2, -0.15) is 0 Å². The van der Waals surface area contributed by atoms with Crippen LogP contribution in [-0.4, -0.2) is 58.4 Å². The standard InChI is InChI=1S/C23H30FN3O4/c1-15-13-27(14-22(31-15)16-6-8-18(24)9-7-16)23(25-2)26-12-17-10-20(29-4)21(30-5)11-19(17)28-3/h6-11,15,22H,12-14H2,1-5H3,(H,25,26). The Bertz CT molecular complexity index is 904. The van der Waals surface area contributed by atoms with Gasteiger partial charge >= 0.3 is 0 Å². The number of methoxy groups -OCH3 is 3. The lowest BCUT2D eigenvalue weighted by molar-refractivity contribution is -0.0605. The van der Waals surface area contributed by atoms with Crippen molar-refractivity contribution in [1.82, 2.24) is 10.2 Å². The predicted octanol–water partition coefficient (Wildman–Crippen LogP) is 3.39. The van der Waals surface area contributed by atoms with Crippen molar-refractivity contribution < 1.29 is 23.3 Å². The maximum absolute atomic E-state index is 13.3. The monoisotopic (exact) mass is 431 g/mol. The van der Waals surface area contributed by atoms with Crippen LogP contribution in [0.4, 0.5) is 4.39 Å². The summed E-state index contributed by atoms with van der Waals surface area (Å²) in [4.78, 5) is 6.60. The number of morpholine rings is 1. The zero-order chi connectivity index (χ0) is 22.4. The van der Waals surface area contributed by atoms with Gasteiger partial charge in [0.25, 0.3) is 0 Å². The highest BCUT2D eigenvalue weighted by atomic mass is 19.1. The molecule has 0 bridgehead atoms. The third-order valence-electron chi connectivity index (χ3n) is 5.24. The average Bonchev–Trinajstić information content (AvgIpc) is 2.79. The maximum atomic E-state index is 13.3. The van der Waals surface area contributed by atoms with Gasteiger partial charge in [0, 0.05) is 31.8 Å². The fourth-order valence-corrected chi connectivity index (χ4v) is 3.72. The van der Waals surface area contributed by atoms with Gasteiger partial charge in [0.1, 0.15) is 17.7 Å². The number of aliphatic imine (C=N–C) groups is 1. The highest BCUT2D eigenvalue weighted by Crippen LogP contribution is 2.34. The van der Waals surface area contributed by atoms with Crippen LogP contribution >= 0.6 is 0 Å². The molecule has 1 N–H and O–H groups in total. The number of nitrogens with one attached hydrogen (secondary N) is 1. The van der Waals surface area contributed by atoms with Gasteiger partial charge in [-0.15, -0.1) is 0 Å². The maximum Gasteiger partial charge on any atom is 0.194 e. The van der Waals surface area contributed by atoms with Gasteiger partial charge in [0.05, 0.1) is 34.0 Å². The first-order chi connectivity index (χ1) is 15.0. The van der Waals surface area contributed by atoms with E-state index in [4.69, 9.17) is 18.9 Å². The molecule has 1 aliphatic heterocycles. The Morgan fingerprint density at radius 3 is 2.32 bits per heavy atom. The highest BCUT2D eigenvalue weighted by Gasteiger charge is 2.28. The van der Waals surface area contributed by atoms with Crippen molar-refractivity contribution in [2.45, 2.75) is 25.7 Å². The predicted molar refractivity (Wildman–Crippen MR) is 118 cm³/mol. The number of rotatable bonds is 6. The first-order valence-electron chi connectivity index (χ1n) is 10.1. The van der Waals surface area contributed by atoms with Crippen molar-refractivity contribution in [1.29, 1.82) is 0 Å². The second-order valence-electron chi connectivity index (χ2n) is 7.31. The molecule has 0 aliphatic carbocycles. The molecule has 1 heterocycles. The van der Waals surface area contributed by atoms with E-state index >= 15 is 0 Å². The normalized spacial score (nSPS) is 19.2. The van der Waals surface area contributed by atoms with Gasteiger partial charge in [-0.1, -0.05) is 12.1 Å². The molecule has 2 aromatic carbocycles. The smallest absolute Gasteiger partial charge is 0.194 e. The van der Waals surface area contributed by atoms with E-state index in [1.807, 2.05) is 13.0 Å². The number of hydrogen-bond donors (Lipinski definition) is 1. The van der Waals surface area contributed by atoms with Crippen molar-refractivity contribution in [3.05, 3.63) is 53.3 Å². The molecule has 0 radical (unpaired) electrons. The number of hydrogen-bond acceptors (Lipinski definition) is 5. The Balaban J connectivity index is 1.74. The van der Waals surface area contributed by atoms with Crippen molar-refractivity contribution in [2.75, 3.05) is 41.5 Å². The summed E-state index contributed by atoms with van der Waals surface area (Å²) in [6, 6.07) is 10.1. The van der Waals surface area contributed by atoms with Crippen LogP contribution in [0.3, 0.4) is 0 Å². The number of benzene rings is 2. The third kappa shape index (κ3) is 5.38. The van der Waals surface area contributed by atoms with E-state index in [-0.39, 0.29) is 18.0 Å². The van der Waals surface area contributed by atoms with Crippen LogP contribution in [0, 0.1) is 5.82 Å². The fraction of sp³-hybridized carbons (Fsp3) is 0.435. The number of halogens is 1. The summed E-state index contributed by atoms with van der Waals surface area (Å²) in [5.41, 5.74) is 1.85. The van der Waals surface area contributed by atoms with Crippen molar-refractivity contribution in [3.63, 3.8) is 0 Å². The zero-order valence-corrected chi connectivity index (χ0v) is 18.6. The molecule has 1 saturated heterocycles. The summed E-state index contributed by atoms with van der Waals surface area (Å²) < 4.78 is 35.7. The zero-order valence-electron chi connectivity index (χ0n) is 18.6. The van der Waals surface area contributed by atoms with Crippen LogP contribution in [0.15, 0.2) is 41.4 Å². The van der Waals surface area contributed by atoms with Gasteiger partial charge in [-0.3, -0.25) is 4.99 Å². The van der Waals surface area contributed by atoms with E-state index in [9.17, 15) is 4.39 Å². The number of guanidine groups is 1. The Kier molecular flexibility index (Phi) is 7.57. The number of ether oxygens (including phenoxy) is 4. The molecule has 0 aromatic heterocycles. The topological polar surface area (TPSA) is 64.6 Å². The summed E-state index contributed by atoms with van der Waals surface area (Å²) in [6.07, 6.45) is -0.170. The molecule has 31 heavy (non-hydrogen) atoms. The van der Waals surface area contributed by atoms with Gasteiger partial charge in [0.2, 0.25) is 0 Å². The molecule has 2 atom stereocenters. The summed E-state index contributed by atoms with van der Waals surface area (Å²) >= 11 is 0. The molecule has 3 rings (SSSR count). The second-order valence-corrected chi connectivity index (χ2v) is 7.31. The SMILES string of the molecule is CN=C(NCc1cc(OC)c(OC)cc1OC)N1CC(C)OC(c2ccc(F)cc2)C1. The van der Waals surface area contributed by atoms with Gasteiger partial charge in [-0.25, -0.2) is 4.39 Å². The molecule has 0 amide bonds. The lowest BCUT2D eigenvalue weighted by Crippen LogP contribution is -2.50. The molecule has 168 valence electrons. The van der Waals surface area contributed by atoms with Crippen molar-refractivity contribution in [2.24, 2.45) is 4.99 Å². The minimum atomic E-state index is -0.259. The fourth-order valence-electron chi connectivity index (χ4n) is 3.72. The summed E-state index contributed by atoms with van der Waals surface area (Å²) in [7, 11) is 6.57. The summed E-state index contributed by atoms with van der Waals surface area (Å²) in [5, 5.41) is 3.40. The van der Waals surface area contributed by atoms with E-state index in [1.165, 1.54) is 12.1 Å². The van der Waals surface area contributed by atoms with Gasteiger partial charge in [-0.05, 0) is 30.7 Å². The Labute approximate surface area is 182 Å². The van der Waals surface area contributed by atoms with Crippen LogP contribution in [0.5, 0.6) is 17.2 Å². The average molecular weight is 432 g/mol. The first kappa shape index (κ1) is 22.7. The van der Waals surface area contributed by atoms with E-state index in [0.717, 1.165) is 17.1 Å². The van der Waals surface area contributed by atoms with E-state index in [1.54, 1.807) is 46.6 Å². The minimum absolute atomic E-state index is 0.00188. The quantitative estimate of drug-likeness (QED) is 0.559. The summed E-state index contributed by atoms with van der Waals surface area (Å²) in [6.45, 7) is 3.82. The molecule has 0 saturated carbocycles. The van der Waals surface area contributed by atoms with Crippen LogP contribution in [0.2, 0.25) is 0 Å². The van der Waals surface area contributed by atoms with Crippen LogP contribution in [-0.2, 0) is 11.3 Å². The van der Waals surface area contributed by atoms with Gasteiger partial charge < -0.3 is 29.2 Å². The Morgan fingerprint density at radius 2 is 1.71 bits per heavy atom. The van der Waals surface area contributed by atoms with Crippen molar-refractivity contribution >= 4 is 5.96 Å². The van der Waals surface area contributed by atoms with E-state index in [2.05, 4.69) is 15.2 Å². The van der Waals surface area contributed by atoms with Crippen LogP contribution in [0.1, 0.15) is 24.2 Å². The minimum Gasteiger partial charge on any atom is -0.496 e. The molecule has 8 heteroatoms. The van der Waals surface area contributed by atoms with Crippen LogP contribution in [0.25, 0.3) is 0 Å². The van der Waals surface area contributed by atoms with Crippen LogP contribution < -0.4 is 19.5 Å².